The van der Waals surface area contributed by atoms with Gasteiger partial charge in [0.1, 0.15) is 0 Å². The van der Waals surface area contributed by atoms with Crippen LogP contribution in [0.4, 0.5) is 5.69 Å². The second-order valence-corrected chi connectivity index (χ2v) is 7.35. The van der Waals surface area contributed by atoms with Crippen molar-refractivity contribution in [1.29, 1.82) is 0 Å². The van der Waals surface area contributed by atoms with Crippen LogP contribution >= 0.6 is 22.9 Å². The third-order valence-electron chi connectivity index (χ3n) is 4.30. The van der Waals surface area contributed by atoms with Crippen LogP contribution in [0.1, 0.15) is 38.6 Å². The first-order valence-corrected chi connectivity index (χ1v) is 9.54. The number of pyridine rings is 1. The second kappa shape index (κ2) is 8.33. The molecule has 0 aliphatic rings. The van der Waals surface area contributed by atoms with Gasteiger partial charge in [-0.25, -0.2) is 0 Å². The number of aromatic nitrogens is 1. The number of carbonyl (C=O) groups is 2. The van der Waals surface area contributed by atoms with Gasteiger partial charge in [0.05, 0.1) is 21.6 Å². The Hall–Kier alpha value is -2.70. The van der Waals surface area contributed by atoms with Gasteiger partial charge in [-0.3, -0.25) is 14.6 Å². The Morgan fingerprint density at radius 1 is 1.19 bits per heavy atom. The standard InChI is InChI=1S/C20H18ClN3O2S/c1-13(14-7-9-22-10-8-14)24(2)20(26)15-5-6-16(21)17(12-15)23-19(25)18-4-3-11-27-18/h3-13H,1-2H3,(H,23,25). The fourth-order valence-electron chi connectivity index (χ4n) is 2.59. The third kappa shape index (κ3) is 4.35. The highest BCUT2D eigenvalue weighted by molar-refractivity contribution is 7.12. The molecule has 2 aromatic heterocycles. The summed E-state index contributed by atoms with van der Waals surface area (Å²) < 4.78 is 0. The van der Waals surface area contributed by atoms with Crippen molar-refractivity contribution in [3.8, 4) is 0 Å². The van der Waals surface area contributed by atoms with E-state index in [9.17, 15) is 9.59 Å². The number of nitrogens with zero attached hydrogens (tertiary/aromatic N) is 2. The van der Waals surface area contributed by atoms with Crippen LogP contribution in [-0.2, 0) is 0 Å². The molecular formula is C20H18ClN3O2S. The van der Waals surface area contributed by atoms with Crippen molar-refractivity contribution in [2.24, 2.45) is 0 Å². The topological polar surface area (TPSA) is 62.3 Å². The molecule has 0 spiro atoms. The number of thiophene rings is 1. The predicted molar refractivity (Wildman–Crippen MR) is 108 cm³/mol. The minimum Gasteiger partial charge on any atom is -0.335 e. The van der Waals surface area contributed by atoms with Crippen LogP contribution in [0.2, 0.25) is 5.02 Å². The van der Waals surface area contributed by atoms with Gasteiger partial charge in [-0.05, 0) is 54.3 Å². The van der Waals surface area contributed by atoms with E-state index in [0.717, 1.165) is 5.56 Å². The van der Waals surface area contributed by atoms with Crippen LogP contribution in [-0.4, -0.2) is 28.7 Å². The summed E-state index contributed by atoms with van der Waals surface area (Å²) in [5.74, 6) is -0.419. The van der Waals surface area contributed by atoms with Crippen molar-refractivity contribution < 1.29 is 9.59 Å². The van der Waals surface area contributed by atoms with E-state index in [-0.39, 0.29) is 17.9 Å². The predicted octanol–water partition coefficient (Wildman–Crippen LogP) is 4.88. The van der Waals surface area contributed by atoms with E-state index < -0.39 is 0 Å². The lowest BCUT2D eigenvalue weighted by Crippen LogP contribution is -2.29. The number of rotatable bonds is 5. The average Bonchev–Trinajstić information content (AvgIpc) is 3.23. The summed E-state index contributed by atoms with van der Waals surface area (Å²) in [5.41, 5.74) is 1.84. The Morgan fingerprint density at radius 3 is 2.59 bits per heavy atom. The van der Waals surface area contributed by atoms with Gasteiger partial charge in [0.25, 0.3) is 11.8 Å². The number of anilines is 1. The molecule has 0 saturated heterocycles. The van der Waals surface area contributed by atoms with Crippen molar-refractivity contribution in [3.05, 3.63) is 81.3 Å². The van der Waals surface area contributed by atoms with Crippen molar-refractivity contribution >= 4 is 40.4 Å². The maximum atomic E-state index is 12.9. The zero-order valence-electron chi connectivity index (χ0n) is 14.8. The highest BCUT2D eigenvalue weighted by atomic mass is 35.5. The first kappa shape index (κ1) is 19.1. The Morgan fingerprint density at radius 2 is 1.93 bits per heavy atom. The highest BCUT2D eigenvalue weighted by Crippen LogP contribution is 2.26. The Balaban J connectivity index is 1.80. The van der Waals surface area contributed by atoms with E-state index in [1.165, 1.54) is 11.3 Å². The zero-order valence-corrected chi connectivity index (χ0v) is 16.4. The van der Waals surface area contributed by atoms with E-state index in [1.807, 2.05) is 24.4 Å². The molecule has 5 nitrogen and oxygen atoms in total. The molecule has 1 N–H and O–H groups in total. The molecule has 2 heterocycles. The minimum absolute atomic E-state index is 0.125. The molecular weight excluding hydrogens is 382 g/mol. The van der Waals surface area contributed by atoms with E-state index >= 15 is 0 Å². The average molecular weight is 400 g/mol. The molecule has 27 heavy (non-hydrogen) atoms. The van der Waals surface area contributed by atoms with E-state index in [0.29, 0.717) is 21.2 Å². The largest absolute Gasteiger partial charge is 0.335 e. The van der Waals surface area contributed by atoms with Gasteiger partial charge in [0.15, 0.2) is 0 Å². The molecule has 0 bridgehead atoms. The third-order valence-corrected chi connectivity index (χ3v) is 5.49. The Bertz CT molecular complexity index is 945. The number of hydrogen-bond donors (Lipinski definition) is 1. The lowest BCUT2D eigenvalue weighted by Gasteiger charge is -2.25. The van der Waals surface area contributed by atoms with E-state index in [1.54, 1.807) is 54.7 Å². The van der Waals surface area contributed by atoms with Gasteiger partial charge in [0, 0.05) is 25.0 Å². The van der Waals surface area contributed by atoms with E-state index in [2.05, 4.69) is 10.3 Å². The van der Waals surface area contributed by atoms with Crippen LogP contribution in [0.3, 0.4) is 0 Å². The van der Waals surface area contributed by atoms with Crippen LogP contribution in [0.5, 0.6) is 0 Å². The van der Waals surface area contributed by atoms with Crippen molar-refractivity contribution in [2.45, 2.75) is 13.0 Å². The van der Waals surface area contributed by atoms with Crippen molar-refractivity contribution in [1.82, 2.24) is 9.88 Å². The van der Waals surface area contributed by atoms with Gasteiger partial charge in [-0.15, -0.1) is 11.3 Å². The van der Waals surface area contributed by atoms with Crippen LogP contribution in [0.25, 0.3) is 0 Å². The number of amides is 2. The molecule has 1 unspecified atom stereocenters. The first-order valence-electron chi connectivity index (χ1n) is 8.29. The SMILES string of the molecule is CC(c1ccncc1)N(C)C(=O)c1ccc(Cl)c(NC(=O)c2cccs2)c1. The lowest BCUT2D eigenvalue weighted by atomic mass is 10.1. The molecule has 0 saturated carbocycles. The maximum absolute atomic E-state index is 12.9. The summed E-state index contributed by atoms with van der Waals surface area (Å²) >= 11 is 7.54. The fourth-order valence-corrected chi connectivity index (χ4v) is 3.37. The molecule has 0 fully saturated rings. The van der Waals surface area contributed by atoms with E-state index in [4.69, 9.17) is 11.6 Å². The first-order chi connectivity index (χ1) is 13.0. The Kier molecular flexibility index (Phi) is 5.88. The number of nitrogens with one attached hydrogen (secondary N) is 1. The fraction of sp³-hybridized carbons (Fsp3) is 0.150. The zero-order chi connectivity index (χ0) is 19.4. The summed E-state index contributed by atoms with van der Waals surface area (Å²) in [4.78, 5) is 31.4. The normalized spacial score (nSPS) is 11.7. The van der Waals surface area contributed by atoms with Gasteiger partial charge in [0.2, 0.25) is 0 Å². The van der Waals surface area contributed by atoms with Gasteiger partial charge in [-0.1, -0.05) is 17.7 Å². The summed E-state index contributed by atoms with van der Waals surface area (Å²) in [6.45, 7) is 1.95. The molecule has 1 aromatic carbocycles. The van der Waals surface area contributed by atoms with Crippen molar-refractivity contribution in [3.63, 3.8) is 0 Å². The van der Waals surface area contributed by atoms with Crippen LogP contribution < -0.4 is 5.32 Å². The summed E-state index contributed by atoms with van der Waals surface area (Å²) in [6.07, 6.45) is 3.40. The number of carbonyl (C=O) groups excluding carboxylic acids is 2. The Labute approximate surface area is 166 Å². The minimum atomic E-state index is -0.255. The smallest absolute Gasteiger partial charge is 0.265 e. The summed E-state index contributed by atoms with van der Waals surface area (Å²) in [5, 5.41) is 4.97. The molecule has 138 valence electrons. The van der Waals surface area contributed by atoms with Gasteiger partial charge >= 0.3 is 0 Å². The summed E-state index contributed by atoms with van der Waals surface area (Å²) in [7, 11) is 1.74. The number of benzene rings is 1. The quantitative estimate of drug-likeness (QED) is 0.664. The molecule has 1 atom stereocenters. The molecule has 7 heteroatoms. The van der Waals surface area contributed by atoms with Crippen molar-refractivity contribution in [2.75, 3.05) is 12.4 Å². The van der Waals surface area contributed by atoms with Crippen LogP contribution in [0.15, 0.2) is 60.2 Å². The second-order valence-electron chi connectivity index (χ2n) is 6.00. The monoisotopic (exact) mass is 399 g/mol. The molecule has 0 aliphatic carbocycles. The molecule has 2 amide bonds. The number of halogens is 1. The molecule has 3 rings (SSSR count). The molecule has 0 aliphatic heterocycles. The number of hydrogen-bond acceptors (Lipinski definition) is 4. The maximum Gasteiger partial charge on any atom is 0.265 e. The summed E-state index contributed by atoms with van der Waals surface area (Å²) in [6, 6.07) is 12.0. The van der Waals surface area contributed by atoms with Gasteiger partial charge in [-0.2, -0.15) is 0 Å². The van der Waals surface area contributed by atoms with Gasteiger partial charge < -0.3 is 10.2 Å². The molecule has 0 radical (unpaired) electrons. The highest BCUT2D eigenvalue weighted by Gasteiger charge is 2.20. The molecule has 3 aromatic rings. The lowest BCUT2D eigenvalue weighted by molar-refractivity contribution is 0.0742. The van der Waals surface area contributed by atoms with Crippen LogP contribution in [0, 0.1) is 0 Å².